The summed E-state index contributed by atoms with van der Waals surface area (Å²) in [5, 5.41) is 32.1. The van der Waals surface area contributed by atoms with Crippen LogP contribution in [0.5, 0.6) is 0 Å². The number of aryl methyl sites for hydroxylation is 1. The number of aliphatic hydroxyl groups excluding tert-OH is 2. The van der Waals surface area contributed by atoms with Crippen molar-refractivity contribution in [2.24, 2.45) is 0 Å². The summed E-state index contributed by atoms with van der Waals surface area (Å²) in [7, 11) is 0. The highest BCUT2D eigenvalue weighted by atomic mass is 19.4. The molecule has 8 nitrogen and oxygen atoms in total. The monoisotopic (exact) mass is 454 g/mol. The lowest BCUT2D eigenvalue weighted by Crippen LogP contribution is -2.45. The van der Waals surface area contributed by atoms with Gasteiger partial charge in [-0.3, -0.25) is 4.79 Å². The van der Waals surface area contributed by atoms with Crippen LogP contribution in [0.4, 0.5) is 19.0 Å². The number of nitrogens with zero attached hydrogens (tertiary/aromatic N) is 2. The zero-order valence-electron chi connectivity index (χ0n) is 17.4. The van der Waals surface area contributed by atoms with Crippen LogP contribution in [-0.2, 0) is 5.60 Å². The number of hydrogen-bond acceptors (Lipinski definition) is 7. The largest absolute Gasteiger partial charge is 0.423 e. The number of nitrogens with two attached hydrogens (primary N) is 1. The highest BCUT2D eigenvalue weighted by Crippen LogP contribution is 2.40. The van der Waals surface area contributed by atoms with Crippen LogP contribution >= 0.6 is 0 Å². The number of anilines is 1. The first-order chi connectivity index (χ1) is 15.0. The number of hydrogen-bond donors (Lipinski definition) is 5. The molecule has 1 fully saturated rings. The number of rotatable bonds is 5. The molecule has 1 aliphatic rings. The molecule has 11 heteroatoms. The average molecular weight is 454 g/mol. The molecule has 0 bridgehead atoms. The average Bonchev–Trinajstić information content (AvgIpc) is 2.74. The van der Waals surface area contributed by atoms with Gasteiger partial charge in [-0.15, -0.1) is 0 Å². The summed E-state index contributed by atoms with van der Waals surface area (Å²) in [5.74, 6) is -0.828. The maximum Gasteiger partial charge on any atom is 0.423 e. The number of benzene rings is 1. The van der Waals surface area contributed by atoms with Crippen molar-refractivity contribution >= 4 is 11.7 Å². The number of aliphatic hydroxyl groups is 3. The maximum atomic E-state index is 13.4. The van der Waals surface area contributed by atoms with Crippen molar-refractivity contribution in [3.63, 3.8) is 0 Å². The summed E-state index contributed by atoms with van der Waals surface area (Å²) in [5.41, 5.74) is 2.28. The number of halogens is 3. The quantitative estimate of drug-likeness (QED) is 0.464. The summed E-state index contributed by atoms with van der Waals surface area (Å²) in [4.78, 5) is 20.9. The summed E-state index contributed by atoms with van der Waals surface area (Å²) >= 11 is 0. The zero-order chi connectivity index (χ0) is 23.7. The molecule has 2 aromatic rings. The lowest BCUT2D eigenvalue weighted by Gasteiger charge is -2.29. The van der Waals surface area contributed by atoms with Crippen molar-refractivity contribution < 1.29 is 33.3 Å². The van der Waals surface area contributed by atoms with Gasteiger partial charge in [0.1, 0.15) is 0 Å². The second-order valence-electron chi connectivity index (χ2n) is 7.97. The zero-order valence-corrected chi connectivity index (χ0v) is 17.4. The Bertz CT molecular complexity index is 1000. The van der Waals surface area contributed by atoms with Gasteiger partial charge in [-0.05, 0) is 37.0 Å². The molecule has 1 amide bonds. The van der Waals surface area contributed by atoms with Gasteiger partial charge in [0.15, 0.2) is 11.5 Å². The molecule has 0 saturated heterocycles. The lowest BCUT2D eigenvalue weighted by atomic mass is 9.90. The van der Waals surface area contributed by atoms with Gasteiger partial charge in [0, 0.05) is 5.56 Å². The van der Waals surface area contributed by atoms with E-state index in [-0.39, 0.29) is 22.8 Å². The topological polar surface area (TPSA) is 142 Å². The highest BCUT2D eigenvalue weighted by molar-refractivity contribution is 5.97. The molecule has 174 valence electrons. The minimum atomic E-state index is -5.12. The van der Waals surface area contributed by atoms with Gasteiger partial charge >= 0.3 is 6.18 Å². The molecule has 1 heterocycles. The van der Waals surface area contributed by atoms with Crippen molar-refractivity contribution in [1.82, 2.24) is 15.3 Å². The van der Waals surface area contributed by atoms with Crippen molar-refractivity contribution in [3.8, 4) is 11.3 Å². The number of nitrogen functional groups attached to an aromatic ring is 1. The SMILES string of the molecule is Cc1ccc([C@](O)(CO)C(F)(F)F)cc1-c1cnc(N)c(C(=O)N[C@H]2CCCC[C@@H]2O)n1. The third-order valence-corrected chi connectivity index (χ3v) is 5.75. The standard InChI is InChI=1S/C21H25F3N4O4/c1-11-6-7-12(20(32,10-29)21(22,23)24)8-13(11)15-9-26-18(25)17(27-15)19(31)28-14-4-2-3-5-16(14)30/h6-9,14,16,29-30,32H,2-5,10H2,1H3,(H2,25,26)(H,28,31)/t14-,16-,20+/m0/s1. The first-order valence-electron chi connectivity index (χ1n) is 10.1. The van der Waals surface area contributed by atoms with Gasteiger partial charge in [-0.25, -0.2) is 9.97 Å². The normalized spacial score (nSPS) is 21.1. The Morgan fingerprint density at radius 2 is 1.97 bits per heavy atom. The predicted octanol–water partition coefficient (Wildman–Crippen LogP) is 1.81. The fourth-order valence-electron chi connectivity index (χ4n) is 3.71. The van der Waals surface area contributed by atoms with Crippen LogP contribution in [0.2, 0.25) is 0 Å². The van der Waals surface area contributed by atoms with Crippen LogP contribution in [-0.4, -0.2) is 56.1 Å². The minimum Gasteiger partial charge on any atom is -0.393 e. The van der Waals surface area contributed by atoms with E-state index >= 15 is 0 Å². The molecule has 3 atom stereocenters. The number of alkyl halides is 3. The van der Waals surface area contributed by atoms with E-state index in [1.54, 1.807) is 6.92 Å². The fourth-order valence-corrected chi connectivity index (χ4v) is 3.71. The Morgan fingerprint density at radius 1 is 1.28 bits per heavy atom. The molecule has 1 aliphatic carbocycles. The third kappa shape index (κ3) is 4.54. The van der Waals surface area contributed by atoms with Crippen LogP contribution in [0.25, 0.3) is 11.3 Å². The van der Waals surface area contributed by atoms with E-state index in [0.29, 0.717) is 18.4 Å². The van der Waals surface area contributed by atoms with Crippen LogP contribution < -0.4 is 11.1 Å². The van der Waals surface area contributed by atoms with Crippen LogP contribution in [0, 0.1) is 6.92 Å². The summed E-state index contributed by atoms with van der Waals surface area (Å²) in [6, 6.07) is 2.99. The Balaban J connectivity index is 1.98. The van der Waals surface area contributed by atoms with E-state index < -0.39 is 42.0 Å². The van der Waals surface area contributed by atoms with Crippen molar-refractivity contribution in [2.75, 3.05) is 12.3 Å². The van der Waals surface area contributed by atoms with Crippen molar-refractivity contribution in [3.05, 3.63) is 41.2 Å². The molecular weight excluding hydrogens is 429 g/mol. The molecule has 1 aromatic heterocycles. The Hall–Kier alpha value is -2.76. The molecule has 0 aliphatic heterocycles. The molecule has 0 radical (unpaired) electrons. The van der Waals surface area contributed by atoms with E-state index in [0.717, 1.165) is 25.0 Å². The van der Waals surface area contributed by atoms with Crippen LogP contribution in [0.3, 0.4) is 0 Å². The van der Waals surface area contributed by atoms with Crippen LogP contribution in [0.1, 0.15) is 47.3 Å². The predicted molar refractivity (Wildman–Crippen MR) is 109 cm³/mol. The molecule has 3 rings (SSSR count). The Morgan fingerprint density at radius 3 is 2.59 bits per heavy atom. The van der Waals surface area contributed by atoms with E-state index in [9.17, 15) is 33.3 Å². The van der Waals surface area contributed by atoms with Gasteiger partial charge < -0.3 is 26.4 Å². The number of carbonyl (C=O) groups excluding carboxylic acids is 1. The number of aromatic nitrogens is 2. The van der Waals surface area contributed by atoms with Gasteiger partial charge in [-0.1, -0.05) is 25.0 Å². The molecular formula is C21H25F3N4O4. The van der Waals surface area contributed by atoms with E-state index in [4.69, 9.17) is 5.73 Å². The fraction of sp³-hybridized carbons (Fsp3) is 0.476. The molecule has 1 saturated carbocycles. The minimum absolute atomic E-state index is 0.0651. The smallest absolute Gasteiger partial charge is 0.393 e. The van der Waals surface area contributed by atoms with Gasteiger partial charge in [-0.2, -0.15) is 13.2 Å². The summed E-state index contributed by atoms with van der Waals surface area (Å²) in [6.07, 6.45) is -1.74. The third-order valence-electron chi connectivity index (χ3n) is 5.75. The van der Waals surface area contributed by atoms with E-state index in [2.05, 4.69) is 15.3 Å². The molecule has 1 aromatic carbocycles. The molecule has 0 spiro atoms. The maximum absolute atomic E-state index is 13.4. The van der Waals surface area contributed by atoms with E-state index in [1.165, 1.54) is 12.3 Å². The number of amides is 1. The lowest BCUT2D eigenvalue weighted by molar-refractivity contribution is -0.277. The van der Waals surface area contributed by atoms with Crippen LogP contribution in [0.15, 0.2) is 24.4 Å². The van der Waals surface area contributed by atoms with Gasteiger partial charge in [0.25, 0.3) is 5.91 Å². The second kappa shape index (κ2) is 9.00. The van der Waals surface area contributed by atoms with E-state index in [1.807, 2.05) is 0 Å². The summed E-state index contributed by atoms with van der Waals surface area (Å²) < 4.78 is 40.1. The highest BCUT2D eigenvalue weighted by Gasteiger charge is 2.54. The molecule has 0 unspecified atom stereocenters. The first kappa shape index (κ1) is 23.9. The van der Waals surface area contributed by atoms with Gasteiger partial charge in [0.05, 0.1) is 30.6 Å². The summed E-state index contributed by atoms with van der Waals surface area (Å²) in [6.45, 7) is 0.0463. The Labute approximate surface area is 182 Å². The van der Waals surface area contributed by atoms with Crippen molar-refractivity contribution in [2.45, 2.75) is 56.5 Å². The first-order valence-corrected chi connectivity index (χ1v) is 10.1. The Kier molecular flexibility index (Phi) is 6.72. The number of carbonyl (C=O) groups is 1. The van der Waals surface area contributed by atoms with Gasteiger partial charge in [0.2, 0.25) is 5.60 Å². The second-order valence-corrected chi connectivity index (χ2v) is 7.97. The molecule has 6 N–H and O–H groups in total. The molecule has 32 heavy (non-hydrogen) atoms. The van der Waals surface area contributed by atoms with Crippen molar-refractivity contribution in [1.29, 1.82) is 0 Å². The number of nitrogens with one attached hydrogen (secondary N) is 1.